The maximum Gasteiger partial charge on any atom is 0.252 e. The highest BCUT2D eigenvalue weighted by Gasteiger charge is 2.20. The first-order valence-electron chi connectivity index (χ1n) is 6.44. The number of guanidine groups is 1. The topological polar surface area (TPSA) is 87.8 Å². The lowest BCUT2D eigenvalue weighted by Gasteiger charge is -2.15. The van der Waals surface area contributed by atoms with Crippen LogP contribution in [0, 0.1) is 0 Å². The minimum absolute atomic E-state index is 0.256. The molecule has 1 aromatic rings. The quantitative estimate of drug-likeness (QED) is 0.581. The molecule has 1 heterocycles. The van der Waals surface area contributed by atoms with Crippen molar-refractivity contribution in [2.45, 2.75) is 30.5 Å². The number of likely N-dealkylation sites (N-methyl/N-ethyl adjacent to an activating group) is 1. The van der Waals surface area contributed by atoms with Crippen LogP contribution in [0.5, 0.6) is 0 Å². The van der Waals surface area contributed by atoms with Gasteiger partial charge in [0.15, 0.2) is 5.96 Å². The number of sulfonamides is 1. The first-order chi connectivity index (χ1) is 9.37. The molecule has 0 saturated heterocycles. The molecule has 0 bridgehead atoms. The summed E-state index contributed by atoms with van der Waals surface area (Å²) in [4.78, 5) is 4.13. The van der Waals surface area contributed by atoms with E-state index >= 15 is 0 Å². The van der Waals surface area contributed by atoms with Crippen molar-refractivity contribution < 1.29 is 8.42 Å². The van der Waals surface area contributed by atoms with E-state index < -0.39 is 10.0 Å². The van der Waals surface area contributed by atoms with Crippen molar-refractivity contribution >= 4 is 27.3 Å². The fourth-order valence-electron chi connectivity index (χ4n) is 1.40. The number of aliphatic imine (C=N–C) groups is 1. The standard InChI is InChI=1S/C12H22N4O2S2/c1-4-10(2)15-12(13)14-7-8-16(3)20(17,18)11-6-5-9-19-11/h5-6,9-10H,4,7-8H2,1-3H3,(H3,13,14,15). The summed E-state index contributed by atoms with van der Waals surface area (Å²) < 4.78 is 25.9. The summed E-state index contributed by atoms with van der Waals surface area (Å²) >= 11 is 1.21. The van der Waals surface area contributed by atoms with Crippen molar-refractivity contribution in [3.63, 3.8) is 0 Å². The number of hydrogen-bond donors (Lipinski definition) is 2. The lowest BCUT2D eigenvalue weighted by molar-refractivity contribution is 0.478. The molecule has 0 aliphatic heterocycles. The monoisotopic (exact) mass is 318 g/mol. The van der Waals surface area contributed by atoms with Crippen LogP contribution < -0.4 is 11.1 Å². The van der Waals surface area contributed by atoms with Gasteiger partial charge in [-0.15, -0.1) is 11.3 Å². The van der Waals surface area contributed by atoms with E-state index in [9.17, 15) is 8.42 Å². The van der Waals surface area contributed by atoms with Crippen LogP contribution in [-0.2, 0) is 10.0 Å². The second-order valence-corrected chi connectivity index (χ2v) is 7.70. The molecule has 20 heavy (non-hydrogen) atoms. The molecule has 3 N–H and O–H groups in total. The van der Waals surface area contributed by atoms with E-state index in [0.717, 1.165) is 6.42 Å². The zero-order valence-electron chi connectivity index (χ0n) is 12.0. The molecule has 0 saturated carbocycles. The van der Waals surface area contributed by atoms with Crippen LogP contribution in [0.2, 0.25) is 0 Å². The van der Waals surface area contributed by atoms with Crippen LogP contribution in [0.3, 0.4) is 0 Å². The maximum atomic E-state index is 12.1. The van der Waals surface area contributed by atoms with Crippen molar-refractivity contribution in [3.8, 4) is 0 Å². The van der Waals surface area contributed by atoms with E-state index in [0.29, 0.717) is 23.3 Å². The van der Waals surface area contributed by atoms with Crippen molar-refractivity contribution in [2.24, 2.45) is 10.7 Å². The third kappa shape index (κ3) is 4.77. The predicted octanol–water partition coefficient (Wildman–Crippen LogP) is 1.07. The first kappa shape index (κ1) is 16.9. The molecule has 1 rings (SSSR count). The Labute approximate surface area is 124 Å². The predicted molar refractivity (Wildman–Crippen MR) is 83.5 cm³/mol. The van der Waals surface area contributed by atoms with Gasteiger partial charge in [0.2, 0.25) is 0 Å². The second kappa shape index (κ2) is 7.61. The minimum atomic E-state index is -3.40. The van der Waals surface area contributed by atoms with Gasteiger partial charge in [0.25, 0.3) is 10.0 Å². The van der Waals surface area contributed by atoms with Gasteiger partial charge in [-0.2, -0.15) is 4.31 Å². The second-order valence-electron chi connectivity index (χ2n) is 4.48. The molecule has 0 amide bonds. The number of nitrogens with zero attached hydrogens (tertiary/aromatic N) is 2. The Morgan fingerprint density at radius 1 is 1.60 bits per heavy atom. The van der Waals surface area contributed by atoms with Crippen LogP contribution in [-0.4, -0.2) is 44.9 Å². The smallest absolute Gasteiger partial charge is 0.252 e. The minimum Gasteiger partial charge on any atom is -0.370 e. The highest BCUT2D eigenvalue weighted by Crippen LogP contribution is 2.19. The fraction of sp³-hybridized carbons (Fsp3) is 0.583. The van der Waals surface area contributed by atoms with E-state index in [4.69, 9.17) is 5.73 Å². The molecule has 6 nitrogen and oxygen atoms in total. The number of nitrogens with two attached hydrogens (primary N) is 1. The van der Waals surface area contributed by atoms with Gasteiger partial charge >= 0.3 is 0 Å². The summed E-state index contributed by atoms with van der Waals surface area (Å²) in [6.07, 6.45) is 0.947. The molecular formula is C12H22N4O2S2. The van der Waals surface area contributed by atoms with Crippen molar-refractivity contribution in [3.05, 3.63) is 17.5 Å². The molecule has 0 aromatic carbocycles. The van der Waals surface area contributed by atoms with Crippen LogP contribution in [0.25, 0.3) is 0 Å². The van der Waals surface area contributed by atoms with Gasteiger partial charge in [-0.05, 0) is 24.8 Å². The largest absolute Gasteiger partial charge is 0.370 e. The maximum absolute atomic E-state index is 12.1. The molecule has 0 aliphatic rings. The molecule has 0 fully saturated rings. The Morgan fingerprint density at radius 3 is 2.85 bits per heavy atom. The fourth-order valence-corrected chi connectivity index (χ4v) is 3.76. The summed E-state index contributed by atoms with van der Waals surface area (Å²) in [5.41, 5.74) is 5.71. The van der Waals surface area contributed by atoms with Crippen molar-refractivity contribution in [1.82, 2.24) is 9.62 Å². The molecule has 8 heteroatoms. The normalized spacial score (nSPS) is 14.5. The summed E-state index contributed by atoms with van der Waals surface area (Å²) in [6, 6.07) is 3.57. The van der Waals surface area contributed by atoms with E-state index in [2.05, 4.69) is 10.3 Å². The molecular weight excluding hydrogens is 296 g/mol. The summed E-state index contributed by atoms with van der Waals surface area (Å²) in [7, 11) is -1.86. The Hall–Kier alpha value is -1.12. The first-order valence-corrected chi connectivity index (χ1v) is 8.76. The highest BCUT2D eigenvalue weighted by molar-refractivity contribution is 7.91. The van der Waals surface area contributed by atoms with Crippen LogP contribution >= 0.6 is 11.3 Å². The van der Waals surface area contributed by atoms with Gasteiger partial charge in [-0.3, -0.25) is 4.99 Å². The van der Waals surface area contributed by atoms with E-state index in [1.807, 2.05) is 13.8 Å². The van der Waals surface area contributed by atoms with E-state index in [-0.39, 0.29) is 6.04 Å². The Morgan fingerprint density at radius 2 is 2.30 bits per heavy atom. The number of nitrogens with one attached hydrogen (secondary N) is 1. The van der Waals surface area contributed by atoms with Crippen molar-refractivity contribution in [2.75, 3.05) is 20.1 Å². The highest BCUT2D eigenvalue weighted by atomic mass is 32.2. The lowest BCUT2D eigenvalue weighted by atomic mass is 10.3. The van der Waals surface area contributed by atoms with Gasteiger partial charge in [-0.25, -0.2) is 8.42 Å². The number of rotatable bonds is 7. The Balaban J connectivity index is 2.52. The third-order valence-corrected chi connectivity index (χ3v) is 6.09. The van der Waals surface area contributed by atoms with Gasteiger partial charge in [0.1, 0.15) is 4.21 Å². The third-order valence-electron chi connectivity index (χ3n) is 2.86. The number of hydrogen-bond acceptors (Lipinski definition) is 4. The molecule has 0 radical (unpaired) electrons. The van der Waals surface area contributed by atoms with Gasteiger partial charge in [0.05, 0.1) is 6.54 Å². The average molecular weight is 318 g/mol. The Bertz CT molecular complexity index is 526. The Kier molecular flexibility index (Phi) is 6.44. The molecule has 1 unspecified atom stereocenters. The van der Waals surface area contributed by atoms with Gasteiger partial charge < -0.3 is 11.1 Å². The SMILES string of the molecule is CCC(C)NC(N)=NCCN(C)S(=O)(=O)c1cccs1. The summed E-state index contributed by atoms with van der Waals surface area (Å²) in [6.45, 7) is 4.68. The van der Waals surface area contributed by atoms with Crippen molar-refractivity contribution in [1.29, 1.82) is 0 Å². The zero-order chi connectivity index (χ0) is 15.2. The van der Waals surface area contributed by atoms with Gasteiger partial charge in [0, 0.05) is 19.6 Å². The van der Waals surface area contributed by atoms with E-state index in [1.165, 1.54) is 15.6 Å². The molecule has 0 spiro atoms. The van der Waals surface area contributed by atoms with Crippen LogP contribution in [0.15, 0.2) is 26.7 Å². The molecule has 0 aliphatic carbocycles. The zero-order valence-corrected chi connectivity index (χ0v) is 13.7. The molecule has 1 aromatic heterocycles. The van der Waals surface area contributed by atoms with Crippen LogP contribution in [0.4, 0.5) is 0 Å². The lowest BCUT2D eigenvalue weighted by Crippen LogP contribution is -2.38. The average Bonchev–Trinajstić information content (AvgIpc) is 2.92. The summed E-state index contributed by atoms with van der Waals surface area (Å²) in [5, 5.41) is 4.77. The van der Waals surface area contributed by atoms with Gasteiger partial charge in [-0.1, -0.05) is 13.0 Å². The molecule has 1 atom stereocenters. The van der Waals surface area contributed by atoms with E-state index in [1.54, 1.807) is 24.6 Å². The summed E-state index contributed by atoms with van der Waals surface area (Å²) in [5.74, 6) is 0.348. The number of thiophene rings is 1. The molecule has 114 valence electrons. The van der Waals surface area contributed by atoms with Crippen LogP contribution in [0.1, 0.15) is 20.3 Å².